The number of hydrogen-bond acceptors (Lipinski definition) is 2. The normalized spacial score (nSPS) is 19.5. The quantitative estimate of drug-likeness (QED) is 0.738. The smallest absolute Gasteiger partial charge is 0.0781 e. The van der Waals surface area contributed by atoms with Crippen LogP contribution in [0.4, 0.5) is 0 Å². The monoisotopic (exact) mass is 348 g/mol. The Labute approximate surface area is 142 Å². The zero-order valence-electron chi connectivity index (χ0n) is 12.6. The minimum atomic E-state index is 0.152. The molecule has 1 heterocycles. The van der Waals surface area contributed by atoms with Crippen LogP contribution in [0.1, 0.15) is 44.7 Å². The summed E-state index contributed by atoms with van der Waals surface area (Å²) >= 11 is 18.4. The summed E-state index contributed by atoms with van der Waals surface area (Å²) in [6.45, 7) is 7.75. The Balaban J connectivity index is 1.92. The van der Waals surface area contributed by atoms with Crippen LogP contribution < -0.4 is 5.32 Å². The second-order valence-electron chi connectivity index (χ2n) is 5.84. The lowest BCUT2D eigenvalue weighted by atomic mass is 10.1. The summed E-state index contributed by atoms with van der Waals surface area (Å²) in [5, 5.41) is 5.04. The third-order valence-electron chi connectivity index (χ3n) is 4.27. The number of nitrogens with zero attached hydrogens (tertiary/aromatic N) is 1. The van der Waals surface area contributed by atoms with Gasteiger partial charge < -0.3 is 5.32 Å². The van der Waals surface area contributed by atoms with E-state index in [9.17, 15) is 0 Å². The highest BCUT2D eigenvalue weighted by Gasteiger charge is 2.19. The van der Waals surface area contributed by atoms with Gasteiger partial charge in [0.2, 0.25) is 0 Å². The summed E-state index contributed by atoms with van der Waals surface area (Å²) < 4.78 is 0. The van der Waals surface area contributed by atoms with Crippen molar-refractivity contribution in [3.05, 3.63) is 32.8 Å². The molecule has 5 heteroatoms. The van der Waals surface area contributed by atoms with Crippen molar-refractivity contribution in [1.29, 1.82) is 0 Å². The third kappa shape index (κ3) is 4.49. The van der Waals surface area contributed by atoms with E-state index in [1.54, 1.807) is 6.07 Å². The van der Waals surface area contributed by atoms with Gasteiger partial charge in [-0.3, -0.25) is 4.90 Å². The molecule has 2 unspecified atom stereocenters. The molecular weight excluding hydrogens is 327 g/mol. The van der Waals surface area contributed by atoms with Crippen molar-refractivity contribution in [2.45, 2.75) is 45.2 Å². The first-order valence-electron chi connectivity index (χ1n) is 7.61. The first-order chi connectivity index (χ1) is 10.0. The van der Waals surface area contributed by atoms with E-state index in [0.29, 0.717) is 21.1 Å². The number of halogens is 3. The van der Waals surface area contributed by atoms with E-state index in [1.165, 1.54) is 32.4 Å². The topological polar surface area (TPSA) is 15.3 Å². The van der Waals surface area contributed by atoms with Crippen LogP contribution in [0.5, 0.6) is 0 Å². The van der Waals surface area contributed by atoms with Crippen LogP contribution in [0.3, 0.4) is 0 Å². The van der Waals surface area contributed by atoms with Crippen LogP contribution in [0, 0.1) is 0 Å². The second kappa shape index (κ2) is 8.03. The van der Waals surface area contributed by atoms with Gasteiger partial charge in [-0.1, -0.05) is 47.3 Å². The Morgan fingerprint density at radius 1 is 1.05 bits per heavy atom. The highest BCUT2D eigenvalue weighted by Crippen LogP contribution is 2.35. The van der Waals surface area contributed by atoms with E-state index in [2.05, 4.69) is 24.1 Å². The fourth-order valence-corrected chi connectivity index (χ4v) is 3.53. The molecule has 1 aliphatic heterocycles. The van der Waals surface area contributed by atoms with E-state index in [1.807, 2.05) is 6.07 Å². The molecule has 1 aliphatic rings. The third-order valence-corrected chi connectivity index (χ3v) is 5.57. The Hall–Kier alpha value is 0.01000. The predicted molar refractivity (Wildman–Crippen MR) is 92.8 cm³/mol. The predicted octanol–water partition coefficient (Wildman–Crippen LogP) is 5.17. The van der Waals surface area contributed by atoms with Crippen molar-refractivity contribution in [3.8, 4) is 0 Å². The van der Waals surface area contributed by atoms with Crippen molar-refractivity contribution >= 4 is 34.8 Å². The van der Waals surface area contributed by atoms with Gasteiger partial charge in [-0.25, -0.2) is 0 Å². The van der Waals surface area contributed by atoms with Crippen molar-refractivity contribution < 1.29 is 0 Å². The summed E-state index contributed by atoms with van der Waals surface area (Å²) in [7, 11) is 0. The minimum Gasteiger partial charge on any atom is -0.309 e. The summed E-state index contributed by atoms with van der Waals surface area (Å²) in [6, 6.07) is 4.44. The molecule has 0 spiro atoms. The van der Waals surface area contributed by atoms with Crippen molar-refractivity contribution in [3.63, 3.8) is 0 Å². The molecule has 1 saturated heterocycles. The molecule has 0 aliphatic carbocycles. The van der Waals surface area contributed by atoms with E-state index >= 15 is 0 Å². The van der Waals surface area contributed by atoms with E-state index in [0.717, 1.165) is 12.1 Å². The summed E-state index contributed by atoms with van der Waals surface area (Å²) in [4.78, 5) is 2.56. The Bertz CT molecular complexity index is 473. The van der Waals surface area contributed by atoms with E-state index in [4.69, 9.17) is 34.8 Å². The van der Waals surface area contributed by atoms with Crippen LogP contribution in [0.2, 0.25) is 15.1 Å². The average molecular weight is 350 g/mol. The molecule has 0 aromatic heterocycles. The number of likely N-dealkylation sites (tertiary alicyclic amines) is 1. The van der Waals surface area contributed by atoms with Gasteiger partial charge in [-0.2, -0.15) is 0 Å². The van der Waals surface area contributed by atoms with Gasteiger partial charge in [-0.05, 0) is 51.4 Å². The van der Waals surface area contributed by atoms with Crippen LogP contribution in [-0.4, -0.2) is 30.6 Å². The lowest BCUT2D eigenvalue weighted by Crippen LogP contribution is -2.43. The minimum absolute atomic E-state index is 0.152. The number of benzene rings is 1. The fourth-order valence-electron chi connectivity index (χ4n) is 2.82. The highest BCUT2D eigenvalue weighted by molar-refractivity contribution is 6.48. The van der Waals surface area contributed by atoms with E-state index < -0.39 is 0 Å². The number of nitrogens with one attached hydrogen (secondary N) is 1. The first kappa shape index (κ1) is 17.4. The van der Waals surface area contributed by atoms with Crippen LogP contribution >= 0.6 is 34.8 Å². The van der Waals surface area contributed by atoms with Gasteiger partial charge in [0.25, 0.3) is 0 Å². The molecule has 1 fully saturated rings. The van der Waals surface area contributed by atoms with Gasteiger partial charge in [0.05, 0.1) is 15.1 Å². The summed E-state index contributed by atoms with van der Waals surface area (Å²) in [6.07, 6.45) is 4.00. The maximum atomic E-state index is 6.29. The zero-order valence-corrected chi connectivity index (χ0v) is 14.9. The zero-order chi connectivity index (χ0) is 15.4. The molecule has 0 radical (unpaired) electrons. The molecular formula is C16H23Cl3N2. The Morgan fingerprint density at radius 3 is 2.38 bits per heavy atom. The lowest BCUT2D eigenvalue weighted by molar-refractivity contribution is 0.168. The number of rotatable bonds is 5. The lowest BCUT2D eigenvalue weighted by Gasteiger charge is -2.33. The van der Waals surface area contributed by atoms with Crippen LogP contribution in [0.15, 0.2) is 12.1 Å². The van der Waals surface area contributed by atoms with Crippen molar-refractivity contribution in [2.24, 2.45) is 0 Å². The Morgan fingerprint density at radius 2 is 1.71 bits per heavy atom. The highest BCUT2D eigenvalue weighted by atomic mass is 35.5. The molecule has 0 saturated carbocycles. The van der Waals surface area contributed by atoms with Crippen LogP contribution in [-0.2, 0) is 0 Å². The molecule has 1 aromatic rings. The molecule has 2 nitrogen and oxygen atoms in total. The Kier molecular flexibility index (Phi) is 6.64. The molecule has 0 amide bonds. The van der Waals surface area contributed by atoms with Crippen molar-refractivity contribution in [2.75, 3.05) is 19.6 Å². The molecule has 2 rings (SSSR count). The molecule has 21 heavy (non-hydrogen) atoms. The summed E-state index contributed by atoms with van der Waals surface area (Å²) in [5.41, 5.74) is 0.997. The van der Waals surface area contributed by atoms with Gasteiger partial charge in [0.15, 0.2) is 0 Å². The van der Waals surface area contributed by atoms with E-state index in [-0.39, 0.29) is 6.04 Å². The number of piperidine rings is 1. The molecule has 1 N–H and O–H groups in total. The van der Waals surface area contributed by atoms with Gasteiger partial charge in [0, 0.05) is 18.6 Å². The molecule has 118 valence electrons. The van der Waals surface area contributed by atoms with Gasteiger partial charge in [0.1, 0.15) is 0 Å². The molecule has 2 atom stereocenters. The molecule has 1 aromatic carbocycles. The summed E-state index contributed by atoms with van der Waals surface area (Å²) in [5.74, 6) is 0. The SMILES string of the molecule is CC(NCC(C)N1CCCCC1)c1ccc(Cl)c(Cl)c1Cl. The standard InChI is InChI=1S/C16H23Cl3N2/c1-11(21-8-4-3-5-9-21)10-20-12(2)13-6-7-14(17)16(19)15(13)18/h6-7,11-12,20H,3-5,8-10H2,1-2H3. The average Bonchev–Trinajstić information content (AvgIpc) is 2.51. The maximum absolute atomic E-state index is 6.29. The largest absolute Gasteiger partial charge is 0.309 e. The maximum Gasteiger partial charge on any atom is 0.0781 e. The first-order valence-corrected chi connectivity index (χ1v) is 8.75. The van der Waals surface area contributed by atoms with Gasteiger partial charge in [-0.15, -0.1) is 0 Å². The van der Waals surface area contributed by atoms with Crippen LogP contribution in [0.25, 0.3) is 0 Å². The second-order valence-corrected chi connectivity index (χ2v) is 7.00. The van der Waals surface area contributed by atoms with Crippen molar-refractivity contribution in [1.82, 2.24) is 10.2 Å². The number of hydrogen-bond donors (Lipinski definition) is 1. The fraction of sp³-hybridized carbons (Fsp3) is 0.625. The molecule has 0 bridgehead atoms. The van der Waals surface area contributed by atoms with Gasteiger partial charge >= 0.3 is 0 Å².